The lowest BCUT2D eigenvalue weighted by Crippen LogP contribution is -2.19. The first-order chi connectivity index (χ1) is 12.4. The highest BCUT2D eigenvalue weighted by atomic mass is 19.4. The fraction of sp³-hybridized carbons (Fsp3) is 0.444. The molecule has 1 aliphatic rings. The van der Waals surface area contributed by atoms with Gasteiger partial charge < -0.3 is 14.4 Å². The van der Waals surface area contributed by atoms with E-state index in [4.69, 9.17) is 9.47 Å². The van der Waals surface area contributed by atoms with Gasteiger partial charge in [0.25, 0.3) is 0 Å². The molecule has 1 aromatic heterocycles. The molecule has 1 saturated carbocycles. The van der Waals surface area contributed by atoms with Crippen molar-refractivity contribution in [2.75, 3.05) is 19.1 Å². The van der Waals surface area contributed by atoms with Crippen molar-refractivity contribution in [2.24, 2.45) is 0 Å². The van der Waals surface area contributed by atoms with Crippen LogP contribution in [0.1, 0.15) is 31.2 Å². The zero-order valence-corrected chi connectivity index (χ0v) is 14.6. The van der Waals surface area contributed by atoms with Gasteiger partial charge in [-0.3, -0.25) is 0 Å². The lowest BCUT2D eigenvalue weighted by molar-refractivity contribution is -0.137. The Morgan fingerprint density at radius 1 is 1.12 bits per heavy atom. The van der Waals surface area contributed by atoms with Crippen LogP contribution in [0.25, 0.3) is 0 Å². The summed E-state index contributed by atoms with van der Waals surface area (Å²) in [5, 5.41) is 0. The van der Waals surface area contributed by atoms with Crippen molar-refractivity contribution in [2.45, 2.75) is 38.0 Å². The summed E-state index contributed by atoms with van der Waals surface area (Å²) < 4.78 is 50.6. The fourth-order valence-electron chi connectivity index (χ4n) is 2.98. The number of benzene rings is 1. The maximum absolute atomic E-state index is 13.3. The molecule has 0 saturated heterocycles. The summed E-state index contributed by atoms with van der Waals surface area (Å²) >= 11 is 0. The minimum atomic E-state index is -4.57. The number of alkyl halides is 3. The zero-order valence-electron chi connectivity index (χ0n) is 14.6. The molecule has 0 bridgehead atoms. The molecule has 0 aliphatic heterocycles. The molecule has 0 amide bonds. The van der Waals surface area contributed by atoms with Crippen molar-refractivity contribution in [1.82, 2.24) is 9.97 Å². The van der Waals surface area contributed by atoms with E-state index in [1.54, 1.807) is 24.3 Å². The number of hydrogen-bond donors (Lipinski definition) is 0. The monoisotopic (exact) mass is 367 g/mol. The van der Waals surface area contributed by atoms with Gasteiger partial charge in [0.2, 0.25) is 0 Å². The van der Waals surface area contributed by atoms with Crippen LogP contribution in [-0.2, 0) is 6.18 Å². The van der Waals surface area contributed by atoms with E-state index in [-0.39, 0.29) is 17.9 Å². The van der Waals surface area contributed by atoms with E-state index >= 15 is 0 Å². The van der Waals surface area contributed by atoms with Gasteiger partial charge in [-0.1, -0.05) is 0 Å². The lowest BCUT2D eigenvalue weighted by Gasteiger charge is -2.23. The maximum Gasteiger partial charge on any atom is 0.421 e. The first kappa shape index (κ1) is 18.3. The van der Waals surface area contributed by atoms with Crippen LogP contribution in [0, 0.1) is 0 Å². The minimum Gasteiger partial charge on any atom is -0.490 e. The van der Waals surface area contributed by atoms with Crippen LogP contribution in [0.4, 0.5) is 24.7 Å². The van der Waals surface area contributed by atoms with Gasteiger partial charge in [0.15, 0.2) is 5.82 Å². The largest absolute Gasteiger partial charge is 0.490 e. The summed E-state index contributed by atoms with van der Waals surface area (Å²) in [6.07, 6.45) is 0.801. The standard InChI is InChI=1S/C18H20F3N3O2/c1-24(16-15(18(19,20)21)11-22-17(23-16)25-2)12-7-9-14(10-8-12)26-13-5-3-4-6-13/h7-11,13H,3-6H2,1-2H3. The van der Waals surface area contributed by atoms with Crippen LogP contribution in [0.5, 0.6) is 11.8 Å². The van der Waals surface area contributed by atoms with Crippen LogP contribution in [0.3, 0.4) is 0 Å². The number of anilines is 2. The maximum atomic E-state index is 13.3. The van der Waals surface area contributed by atoms with E-state index in [1.165, 1.54) is 31.9 Å². The van der Waals surface area contributed by atoms with Gasteiger partial charge in [-0.15, -0.1) is 0 Å². The van der Waals surface area contributed by atoms with Gasteiger partial charge in [-0.05, 0) is 49.9 Å². The molecular formula is C18H20F3N3O2. The van der Waals surface area contributed by atoms with Gasteiger partial charge in [0.05, 0.1) is 13.2 Å². The highest BCUT2D eigenvalue weighted by molar-refractivity contribution is 5.63. The SMILES string of the molecule is COc1ncc(C(F)(F)F)c(N(C)c2ccc(OC3CCCC3)cc2)n1. The molecular weight excluding hydrogens is 347 g/mol. The van der Waals surface area contributed by atoms with E-state index in [1.807, 2.05) is 0 Å². The molecule has 8 heteroatoms. The molecule has 1 fully saturated rings. The Balaban J connectivity index is 1.85. The number of aromatic nitrogens is 2. The summed E-state index contributed by atoms with van der Waals surface area (Å²) in [6, 6.07) is 6.81. The third kappa shape index (κ3) is 4.00. The molecule has 26 heavy (non-hydrogen) atoms. The van der Waals surface area contributed by atoms with Crippen LogP contribution >= 0.6 is 0 Å². The average molecular weight is 367 g/mol. The van der Waals surface area contributed by atoms with Gasteiger partial charge in [-0.25, -0.2) is 4.98 Å². The lowest BCUT2D eigenvalue weighted by atomic mass is 10.2. The Kier molecular flexibility index (Phi) is 5.20. The molecule has 2 aromatic rings. The van der Waals surface area contributed by atoms with E-state index in [2.05, 4.69) is 9.97 Å². The van der Waals surface area contributed by atoms with Gasteiger partial charge >= 0.3 is 12.2 Å². The van der Waals surface area contributed by atoms with Crippen molar-refractivity contribution in [3.8, 4) is 11.8 Å². The van der Waals surface area contributed by atoms with E-state index in [9.17, 15) is 13.2 Å². The Morgan fingerprint density at radius 2 is 1.77 bits per heavy atom. The summed E-state index contributed by atoms with van der Waals surface area (Å²) in [4.78, 5) is 8.81. The van der Waals surface area contributed by atoms with Gasteiger partial charge in [0.1, 0.15) is 11.3 Å². The van der Waals surface area contributed by atoms with Crippen LogP contribution in [0.2, 0.25) is 0 Å². The van der Waals surface area contributed by atoms with E-state index < -0.39 is 11.7 Å². The molecule has 140 valence electrons. The Hall–Kier alpha value is -2.51. The van der Waals surface area contributed by atoms with Crippen molar-refractivity contribution in [3.05, 3.63) is 36.0 Å². The predicted octanol–water partition coefficient (Wildman–Crippen LogP) is 4.59. The topological polar surface area (TPSA) is 47.5 Å². The summed E-state index contributed by atoms with van der Waals surface area (Å²) in [5.41, 5.74) is -0.373. The third-order valence-electron chi connectivity index (χ3n) is 4.38. The van der Waals surface area contributed by atoms with Crippen LogP contribution in [0.15, 0.2) is 30.5 Å². The number of methoxy groups -OCH3 is 1. The molecule has 1 aromatic carbocycles. The van der Waals surface area contributed by atoms with Crippen molar-refractivity contribution >= 4 is 11.5 Å². The molecule has 0 spiro atoms. The number of ether oxygens (including phenoxy) is 2. The van der Waals surface area contributed by atoms with Crippen LogP contribution in [-0.4, -0.2) is 30.2 Å². The molecule has 0 unspecified atom stereocenters. The second-order valence-corrected chi connectivity index (χ2v) is 6.17. The molecule has 0 atom stereocenters. The highest BCUT2D eigenvalue weighted by Gasteiger charge is 2.36. The summed E-state index contributed by atoms with van der Waals surface area (Å²) in [5.74, 6) is 0.444. The Bertz CT molecular complexity index is 744. The van der Waals surface area contributed by atoms with Gasteiger partial charge in [0, 0.05) is 18.9 Å². The Labute approximate surface area is 149 Å². The van der Waals surface area contributed by atoms with Gasteiger partial charge in [-0.2, -0.15) is 18.2 Å². The van der Waals surface area contributed by atoms with Crippen LogP contribution < -0.4 is 14.4 Å². The van der Waals surface area contributed by atoms with Crippen molar-refractivity contribution < 1.29 is 22.6 Å². The molecule has 3 rings (SSSR count). The minimum absolute atomic E-state index is 0.124. The normalized spacial score (nSPS) is 15.1. The van der Waals surface area contributed by atoms with E-state index in [0.717, 1.165) is 19.0 Å². The number of nitrogens with zero attached hydrogens (tertiary/aromatic N) is 3. The average Bonchev–Trinajstić information content (AvgIpc) is 3.13. The predicted molar refractivity (Wildman–Crippen MR) is 91.0 cm³/mol. The highest BCUT2D eigenvalue weighted by Crippen LogP contribution is 2.38. The zero-order chi connectivity index (χ0) is 18.7. The molecule has 1 aliphatic carbocycles. The van der Waals surface area contributed by atoms with Crippen molar-refractivity contribution in [3.63, 3.8) is 0 Å². The fourth-order valence-corrected chi connectivity index (χ4v) is 2.98. The number of halogens is 3. The van der Waals surface area contributed by atoms with Crippen molar-refractivity contribution in [1.29, 1.82) is 0 Å². The number of hydrogen-bond acceptors (Lipinski definition) is 5. The second kappa shape index (κ2) is 7.39. The summed E-state index contributed by atoms with van der Waals surface area (Å²) in [6.45, 7) is 0. The Morgan fingerprint density at radius 3 is 2.35 bits per heavy atom. The molecule has 0 radical (unpaired) electrons. The first-order valence-corrected chi connectivity index (χ1v) is 8.37. The second-order valence-electron chi connectivity index (χ2n) is 6.17. The molecule has 5 nitrogen and oxygen atoms in total. The molecule has 0 N–H and O–H groups in total. The third-order valence-corrected chi connectivity index (χ3v) is 4.38. The van der Waals surface area contributed by atoms with E-state index in [0.29, 0.717) is 11.4 Å². The quantitative estimate of drug-likeness (QED) is 0.773. The first-order valence-electron chi connectivity index (χ1n) is 8.37. The summed E-state index contributed by atoms with van der Waals surface area (Å²) in [7, 11) is 2.82. The molecule has 1 heterocycles. The smallest absolute Gasteiger partial charge is 0.421 e. The number of rotatable bonds is 5.